The third kappa shape index (κ3) is 4.61. The van der Waals surface area contributed by atoms with E-state index >= 15 is 0 Å². The Balaban J connectivity index is 2.12. The minimum atomic E-state index is -4.56. The van der Waals surface area contributed by atoms with E-state index in [0.29, 0.717) is 0 Å². The van der Waals surface area contributed by atoms with Crippen LogP contribution < -0.4 is 5.32 Å². The van der Waals surface area contributed by atoms with Gasteiger partial charge in [0, 0.05) is 9.26 Å². The summed E-state index contributed by atoms with van der Waals surface area (Å²) in [4.78, 5) is 11.9. The van der Waals surface area contributed by atoms with Gasteiger partial charge >= 0.3 is 6.18 Å². The lowest BCUT2D eigenvalue weighted by atomic mass is 10.1. The van der Waals surface area contributed by atoms with Crippen LogP contribution in [0.5, 0.6) is 0 Å². The molecule has 0 bridgehead atoms. The minimum absolute atomic E-state index is 0.0624. The predicted molar refractivity (Wildman–Crippen MR) is 87.9 cm³/mol. The molecule has 0 aromatic heterocycles. The number of hydrogen-bond donors (Lipinski definition) is 1. The topological polar surface area (TPSA) is 29.1 Å². The van der Waals surface area contributed by atoms with Gasteiger partial charge in [0.2, 0.25) is 5.91 Å². The Morgan fingerprint density at radius 1 is 1.18 bits per heavy atom. The first-order valence-corrected chi connectivity index (χ1v) is 7.62. The first kappa shape index (κ1) is 17.1. The number of carbonyl (C=O) groups excluding carboxylic acids is 1. The van der Waals surface area contributed by atoms with Crippen molar-refractivity contribution in [3.8, 4) is 0 Å². The van der Waals surface area contributed by atoms with Gasteiger partial charge < -0.3 is 5.32 Å². The van der Waals surface area contributed by atoms with E-state index in [1.807, 2.05) is 18.2 Å². The molecule has 0 spiro atoms. The van der Waals surface area contributed by atoms with Crippen LogP contribution in [0.2, 0.25) is 5.02 Å². The Morgan fingerprint density at radius 2 is 1.91 bits per heavy atom. The second-order valence-corrected chi connectivity index (χ2v) is 6.20. The molecule has 116 valence electrons. The third-order valence-electron chi connectivity index (χ3n) is 2.81. The van der Waals surface area contributed by atoms with Gasteiger partial charge in [0.15, 0.2) is 0 Å². The molecule has 0 aliphatic heterocycles. The third-order valence-corrected chi connectivity index (χ3v) is 3.81. The molecule has 7 heteroatoms. The van der Waals surface area contributed by atoms with Gasteiger partial charge in [-0.3, -0.25) is 4.79 Å². The van der Waals surface area contributed by atoms with E-state index in [4.69, 9.17) is 11.6 Å². The molecule has 0 unspecified atom stereocenters. The average Bonchev–Trinajstić information content (AvgIpc) is 2.39. The molecule has 0 heterocycles. The molecule has 0 fully saturated rings. The van der Waals surface area contributed by atoms with E-state index in [9.17, 15) is 18.0 Å². The highest BCUT2D eigenvalue weighted by Gasteiger charge is 2.33. The van der Waals surface area contributed by atoms with Crippen molar-refractivity contribution < 1.29 is 18.0 Å². The van der Waals surface area contributed by atoms with Gasteiger partial charge in [-0.2, -0.15) is 13.2 Å². The number of nitrogens with one attached hydrogen (secondary N) is 1. The molecule has 1 N–H and O–H groups in total. The van der Waals surface area contributed by atoms with E-state index in [-0.39, 0.29) is 12.1 Å². The van der Waals surface area contributed by atoms with E-state index in [2.05, 4.69) is 27.9 Å². The van der Waals surface area contributed by atoms with Gasteiger partial charge in [-0.15, -0.1) is 0 Å². The van der Waals surface area contributed by atoms with Crippen LogP contribution in [0.15, 0.2) is 42.5 Å². The number of anilines is 1. The Labute approximate surface area is 143 Å². The SMILES string of the molecule is O=C(Cc1cccc(I)c1)Nc1ccc(Cl)c(C(F)(F)F)c1. The number of hydrogen-bond acceptors (Lipinski definition) is 1. The Bertz CT molecular complexity index is 703. The van der Waals surface area contributed by atoms with Crippen molar-refractivity contribution in [1.29, 1.82) is 0 Å². The number of amides is 1. The fourth-order valence-corrected chi connectivity index (χ4v) is 2.69. The van der Waals surface area contributed by atoms with E-state index in [1.54, 1.807) is 6.07 Å². The average molecular weight is 440 g/mol. The van der Waals surface area contributed by atoms with E-state index < -0.39 is 22.7 Å². The summed E-state index contributed by atoms with van der Waals surface area (Å²) in [5, 5.41) is 2.05. The maximum Gasteiger partial charge on any atom is 0.417 e. The van der Waals surface area contributed by atoms with Crippen molar-refractivity contribution in [3.05, 3.63) is 62.2 Å². The Hall–Kier alpha value is -1.28. The van der Waals surface area contributed by atoms with Gasteiger partial charge in [-0.1, -0.05) is 23.7 Å². The van der Waals surface area contributed by atoms with Gasteiger partial charge in [0.25, 0.3) is 0 Å². The summed E-state index contributed by atoms with van der Waals surface area (Å²) in [6.07, 6.45) is -4.48. The number of rotatable bonds is 3. The van der Waals surface area contributed by atoms with Crippen LogP contribution in [0, 0.1) is 3.57 Å². The first-order chi connectivity index (χ1) is 10.3. The summed E-state index contributed by atoms with van der Waals surface area (Å²) in [6, 6.07) is 10.6. The second-order valence-electron chi connectivity index (χ2n) is 4.55. The molecule has 1 amide bonds. The molecule has 0 atom stereocenters. The molecule has 0 saturated carbocycles. The molecule has 0 aliphatic rings. The van der Waals surface area contributed by atoms with Crippen LogP contribution in [0.3, 0.4) is 0 Å². The fourth-order valence-electron chi connectivity index (χ4n) is 1.86. The summed E-state index contributed by atoms with van der Waals surface area (Å²) in [5.41, 5.74) is -0.122. The fraction of sp³-hybridized carbons (Fsp3) is 0.133. The maximum atomic E-state index is 12.8. The highest BCUT2D eigenvalue weighted by Crippen LogP contribution is 2.36. The number of benzene rings is 2. The van der Waals surface area contributed by atoms with Gasteiger partial charge in [-0.25, -0.2) is 0 Å². The number of halogens is 5. The summed E-state index contributed by atoms with van der Waals surface area (Å²) < 4.78 is 39.3. The zero-order valence-electron chi connectivity index (χ0n) is 11.0. The van der Waals surface area contributed by atoms with Crippen LogP contribution in [-0.2, 0) is 17.4 Å². The van der Waals surface area contributed by atoms with Crippen LogP contribution in [-0.4, -0.2) is 5.91 Å². The lowest BCUT2D eigenvalue weighted by molar-refractivity contribution is -0.137. The zero-order valence-corrected chi connectivity index (χ0v) is 14.0. The molecular formula is C15H10ClF3INO. The maximum absolute atomic E-state index is 12.8. The lowest BCUT2D eigenvalue weighted by Gasteiger charge is -2.12. The largest absolute Gasteiger partial charge is 0.417 e. The second kappa shape index (κ2) is 6.87. The lowest BCUT2D eigenvalue weighted by Crippen LogP contribution is -2.15. The molecule has 0 radical (unpaired) electrons. The normalized spacial score (nSPS) is 11.3. The van der Waals surface area contributed by atoms with Crippen molar-refractivity contribution in [2.75, 3.05) is 5.32 Å². The molecule has 2 aromatic carbocycles. The van der Waals surface area contributed by atoms with Crippen molar-refractivity contribution in [3.63, 3.8) is 0 Å². The van der Waals surface area contributed by atoms with E-state index in [0.717, 1.165) is 21.3 Å². The summed E-state index contributed by atoms with van der Waals surface area (Å²) in [7, 11) is 0. The monoisotopic (exact) mass is 439 g/mol. The molecule has 0 aliphatic carbocycles. The van der Waals surface area contributed by atoms with Crippen molar-refractivity contribution >= 4 is 45.8 Å². The van der Waals surface area contributed by atoms with E-state index in [1.165, 1.54) is 6.07 Å². The van der Waals surface area contributed by atoms with Crippen molar-refractivity contribution in [1.82, 2.24) is 0 Å². The van der Waals surface area contributed by atoms with Crippen LogP contribution >= 0.6 is 34.2 Å². The summed E-state index contributed by atoms with van der Waals surface area (Å²) in [5.74, 6) is -0.391. The minimum Gasteiger partial charge on any atom is -0.326 e. The Kier molecular flexibility index (Phi) is 5.33. The van der Waals surface area contributed by atoms with Crippen molar-refractivity contribution in [2.24, 2.45) is 0 Å². The quantitative estimate of drug-likeness (QED) is 0.659. The molecule has 2 nitrogen and oxygen atoms in total. The van der Waals surface area contributed by atoms with Gasteiger partial charge in [-0.05, 0) is 58.5 Å². The van der Waals surface area contributed by atoms with Gasteiger partial charge in [0.05, 0.1) is 17.0 Å². The van der Waals surface area contributed by atoms with Crippen LogP contribution in [0.4, 0.5) is 18.9 Å². The molecule has 0 saturated heterocycles. The first-order valence-electron chi connectivity index (χ1n) is 6.17. The van der Waals surface area contributed by atoms with Crippen molar-refractivity contribution in [2.45, 2.75) is 12.6 Å². The smallest absolute Gasteiger partial charge is 0.326 e. The summed E-state index contributed by atoms with van der Waals surface area (Å²) >= 11 is 7.65. The number of carbonyl (C=O) groups is 1. The standard InChI is InChI=1S/C15H10ClF3INO/c16-13-5-4-11(8-12(13)15(17,18)19)21-14(22)7-9-2-1-3-10(20)6-9/h1-6,8H,7H2,(H,21,22). The van der Waals surface area contributed by atoms with Crippen LogP contribution in [0.25, 0.3) is 0 Å². The molecule has 22 heavy (non-hydrogen) atoms. The van der Waals surface area contributed by atoms with Gasteiger partial charge in [0.1, 0.15) is 0 Å². The zero-order chi connectivity index (χ0) is 16.3. The number of alkyl halides is 3. The molecule has 2 aromatic rings. The predicted octanol–water partition coefficient (Wildman–Crippen LogP) is 5.14. The summed E-state index contributed by atoms with van der Waals surface area (Å²) in [6.45, 7) is 0. The highest BCUT2D eigenvalue weighted by molar-refractivity contribution is 14.1. The Morgan fingerprint density at radius 3 is 2.55 bits per heavy atom. The highest BCUT2D eigenvalue weighted by atomic mass is 127. The molecule has 2 rings (SSSR count). The molecular weight excluding hydrogens is 430 g/mol. The van der Waals surface area contributed by atoms with Crippen LogP contribution in [0.1, 0.15) is 11.1 Å².